The van der Waals surface area contributed by atoms with Crippen molar-refractivity contribution in [3.8, 4) is 11.5 Å². The number of rotatable bonds is 7. The second-order valence-electron chi connectivity index (χ2n) is 7.36. The first kappa shape index (κ1) is 19.5. The van der Waals surface area contributed by atoms with Crippen molar-refractivity contribution in [3.63, 3.8) is 0 Å². The fourth-order valence-electron chi connectivity index (χ4n) is 3.78. The van der Waals surface area contributed by atoms with E-state index in [1.165, 1.54) is 5.56 Å². The molecule has 1 saturated heterocycles. The fraction of sp³-hybridized carbons (Fsp3) is 0.455. The third-order valence-corrected chi connectivity index (χ3v) is 5.54. The van der Waals surface area contributed by atoms with Crippen LogP contribution in [0.3, 0.4) is 0 Å². The highest BCUT2D eigenvalue weighted by atomic mass is 16.7. The summed E-state index contributed by atoms with van der Waals surface area (Å²) in [6, 6.07) is 12.0. The monoisotopic (exact) mass is 396 g/mol. The molecule has 0 unspecified atom stereocenters. The second-order valence-corrected chi connectivity index (χ2v) is 7.36. The molecular weight excluding hydrogens is 368 g/mol. The predicted molar refractivity (Wildman–Crippen MR) is 111 cm³/mol. The lowest BCUT2D eigenvalue weighted by Crippen LogP contribution is -2.49. The first-order chi connectivity index (χ1) is 14.2. The number of anilines is 1. The molecule has 29 heavy (non-hydrogen) atoms. The van der Waals surface area contributed by atoms with E-state index in [9.17, 15) is 4.79 Å². The molecule has 4 rings (SSSR count). The molecule has 0 radical (unpaired) electrons. The molecule has 3 heterocycles. The number of hydrogen-bond acceptors (Lipinski definition) is 6. The zero-order chi connectivity index (χ0) is 20.1. The molecule has 2 aromatic rings. The van der Waals surface area contributed by atoms with Crippen LogP contribution in [0.25, 0.3) is 0 Å². The molecule has 0 spiro atoms. The number of carbonyl (C=O) groups is 1. The van der Waals surface area contributed by atoms with E-state index in [2.05, 4.69) is 27.8 Å². The summed E-state index contributed by atoms with van der Waals surface area (Å²) in [6.07, 6.45) is 2.36. The van der Waals surface area contributed by atoms with Gasteiger partial charge in [-0.15, -0.1) is 0 Å². The average Bonchev–Trinajstić information content (AvgIpc) is 3.25. The van der Waals surface area contributed by atoms with Gasteiger partial charge in [-0.05, 0) is 36.4 Å². The number of benzene rings is 1. The van der Waals surface area contributed by atoms with Gasteiger partial charge in [-0.25, -0.2) is 4.98 Å². The maximum absolute atomic E-state index is 12.7. The summed E-state index contributed by atoms with van der Waals surface area (Å²) in [5, 5.41) is 0. The highest BCUT2D eigenvalue weighted by Gasteiger charge is 2.22. The number of hydrogen-bond donors (Lipinski definition) is 0. The zero-order valence-corrected chi connectivity index (χ0v) is 16.9. The number of nitrogens with zero attached hydrogens (tertiary/aromatic N) is 4. The average molecular weight is 396 g/mol. The van der Waals surface area contributed by atoms with E-state index in [0.717, 1.165) is 63.1 Å². The summed E-state index contributed by atoms with van der Waals surface area (Å²) in [7, 11) is 0. The van der Waals surface area contributed by atoms with Gasteiger partial charge < -0.3 is 19.3 Å². The minimum Gasteiger partial charge on any atom is -0.454 e. The van der Waals surface area contributed by atoms with E-state index < -0.39 is 0 Å². The fourth-order valence-corrected chi connectivity index (χ4v) is 3.78. The van der Waals surface area contributed by atoms with Crippen molar-refractivity contribution in [2.75, 3.05) is 51.0 Å². The Hall–Kier alpha value is -2.80. The lowest BCUT2D eigenvalue weighted by molar-refractivity contribution is -0.131. The Kier molecular flexibility index (Phi) is 6.14. The molecular formula is C22H28N4O3. The van der Waals surface area contributed by atoms with Crippen LogP contribution < -0.4 is 14.4 Å². The van der Waals surface area contributed by atoms with Gasteiger partial charge >= 0.3 is 0 Å². The summed E-state index contributed by atoms with van der Waals surface area (Å²) >= 11 is 0. The molecule has 2 aliphatic rings. The van der Waals surface area contributed by atoms with Gasteiger partial charge in [-0.1, -0.05) is 19.1 Å². The van der Waals surface area contributed by atoms with Crippen molar-refractivity contribution >= 4 is 11.7 Å². The van der Waals surface area contributed by atoms with Gasteiger partial charge in [-0.3, -0.25) is 9.69 Å². The number of pyridine rings is 1. The van der Waals surface area contributed by atoms with Crippen LogP contribution in [-0.4, -0.2) is 66.8 Å². The number of piperazine rings is 1. The van der Waals surface area contributed by atoms with E-state index in [0.29, 0.717) is 13.2 Å². The van der Waals surface area contributed by atoms with Crippen LogP contribution in [0.15, 0.2) is 42.6 Å². The smallest absolute Gasteiger partial charge is 0.231 e. The van der Waals surface area contributed by atoms with E-state index in [1.807, 2.05) is 41.4 Å². The minimum atomic E-state index is 0.231. The van der Waals surface area contributed by atoms with Gasteiger partial charge in [0.1, 0.15) is 5.82 Å². The molecule has 0 bridgehead atoms. The van der Waals surface area contributed by atoms with E-state index in [-0.39, 0.29) is 5.91 Å². The Labute approximate surface area is 171 Å². The summed E-state index contributed by atoms with van der Waals surface area (Å²) in [5.74, 6) is 2.83. The second kappa shape index (κ2) is 9.13. The molecule has 7 nitrogen and oxygen atoms in total. The lowest BCUT2D eigenvalue weighted by atomic mass is 10.2. The Morgan fingerprint density at radius 1 is 1.10 bits per heavy atom. The molecule has 0 aliphatic carbocycles. The number of amides is 1. The van der Waals surface area contributed by atoms with Crippen LogP contribution in [0, 0.1) is 0 Å². The van der Waals surface area contributed by atoms with E-state index in [4.69, 9.17) is 9.47 Å². The normalized spacial score (nSPS) is 15.8. The largest absolute Gasteiger partial charge is 0.454 e. The van der Waals surface area contributed by atoms with Gasteiger partial charge in [0.2, 0.25) is 12.7 Å². The molecule has 1 aromatic carbocycles. The molecule has 1 amide bonds. The van der Waals surface area contributed by atoms with E-state index in [1.54, 1.807) is 0 Å². The highest BCUT2D eigenvalue weighted by Crippen LogP contribution is 2.32. The van der Waals surface area contributed by atoms with Crippen LogP contribution in [-0.2, 0) is 11.3 Å². The SMILES string of the molecule is CCN(CCC(=O)N1CCN(c2ccccn2)CC1)Cc1ccc2c(c1)OCO2. The topological polar surface area (TPSA) is 58.1 Å². The number of carbonyl (C=O) groups excluding carboxylic acids is 1. The first-order valence-electron chi connectivity index (χ1n) is 10.3. The van der Waals surface area contributed by atoms with Crippen molar-refractivity contribution < 1.29 is 14.3 Å². The summed E-state index contributed by atoms with van der Waals surface area (Å²) in [4.78, 5) is 23.6. The van der Waals surface area contributed by atoms with Crippen molar-refractivity contribution in [1.82, 2.24) is 14.8 Å². The molecule has 1 fully saturated rings. The van der Waals surface area contributed by atoms with Gasteiger partial charge in [-0.2, -0.15) is 0 Å². The van der Waals surface area contributed by atoms with Gasteiger partial charge in [0.05, 0.1) is 0 Å². The van der Waals surface area contributed by atoms with Crippen molar-refractivity contribution in [2.24, 2.45) is 0 Å². The summed E-state index contributed by atoms with van der Waals surface area (Å²) < 4.78 is 10.8. The third kappa shape index (κ3) is 4.79. The standard InChI is InChI=1S/C22H28N4O3/c1-2-24(16-18-6-7-19-20(15-18)29-17-28-19)10-8-22(27)26-13-11-25(12-14-26)21-5-3-4-9-23-21/h3-7,9,15H,2,8,10-14,16-17H2,1H3. The van der Waals surface area contributed by atoms with E-state index >= 15 is 0 Å². The molecule has 0 atom stereocenters. The maximum Gasteiger partial charge on any atom is 0.231 e. The number of ether oxygens (including phenoxy) is 2. The molecule has 154 valence electrons. The Morgan fingerprint density at radius 2 is 1.93 bits per heavy atom. The van der Waals surface area contributed by atoms with Crippen molar-refractivity contribution in [2.45, 2.75) is 19.9 Å². The van der Waals surface area contributed by atoms with Crippen LogP contribution in [0.2, 0.25) is 0 Å². The first-order valence-corrected chi connectivity index (χ1v) is 10.3. The molecule has 0 saturated carbocycles. The highest BCUT2D eigenvalue weighted by molar-refractivity contribution is 5.76. The third-order valence-electron chi connectivity index (χ3n) is 5.54. The van der Waals surface area contributed by atoms with Crippen LogP contribution in [0.5, 0.6) is 11.5 Å². The number of fused-ring (bicyclic) bond motifs is 1. The van der Waals surface area contributed by atoms with Crippen LogP contribution in [0.4, 0.5) is 5.82 Å². The molecule has 7 heteroatoms. The summed E-state index contributed by atoms with van der Waals surface area (Å²) in [5.41, 5.74) is 1.17. The Balaban J connectivity index is 1.24. The Morgan fingerprint density at radius 3 is 2.69 bits per heavy atom. The van der Waals surface area contributed by atoms with Gasteiger partial charge in [0.15, 0.2) is 11.5 Å². The number of aromatic nitrogens is 1. The quantitative estimate of drug-likeness (QED) is 0.716. The molecule has 2 aliphatic heterocycles. The van der Waals surface area contributed by atoms with Gasteiger partial charge in [0.25, 0.3) is 0 Å². The van der Waals surface area contributed by atoms with Crippen molar-refractivity contribution in [3.05, 3.63) is 48.2 Å². The predicted octanol–water partition coefficient (Wildman–Crippen LogP) is 2.37. The summed E-state index contributed by atoms with van der Waals surface area (Å²) in [6.45, 7) is 8.04. The maximum atomic E-state index is 12.7. The van der Waals surface area contributed by atoms with Crippen LogP contribution >= 0.6 is 0 Å². The molecule has 1 aromatic heterocycles. The Bertz CT molecular complexity index is 822. The lowest BCUT2D eigenvalue weighted by Gasteiger charge is -2.35. The minimum absolute atomic E-state index is 0.231. The van der Waals surface area contributed by atoms with Gasteiger partial charge in [0, 0.05) is 51.9 Å². The zero-order valence-electron chi connectivity index (χ0n) is 16.9. The molecule has 0 N–H and O–H groups in total. The van der Waals surface area contributed by atoms with Crippen LogP contribution in [0.1, 0.15) is 18.9 Å². The van der Waals surface area contributed by atoms with Crippen molar-refractivity contribution in [1.29, 1.82) is 0 Å².